The standard InChI is InChI=1S/C14H10F17NO3S/c1-3-6(33)35-5-4-32(2)36(34)14(30,31)12(25,26)10(21,22)8(17,18)7(15,16)9(19,20)11(23,24)13(27,28)29/h3H,1,4-5H2,2H3. The molecule has 0 bridgehead atoms. The van der Waals surface area contributed by atoms with Gasteiger partial charge in [0.1, 0.15) is 6.61 Å². The number of likely N-dealkylation sites (N-methyl/N-ethyl adjacent to an activating group) is 1. The maximum atomic E-state index is 13.8. The molecule has 214 valence electrons. The van der Waals surface area contributed by atoms with Crippen molar-refractivity contribution in [3.63, 3.8) is 0 Å². The van der Waals surface area contributed by atoms with Crippen LogP contribution in [0.1, 0.15) is 0 Å². The van der Waals surface area contributed by atoms with Gasteiger partial charge < -0.3 is 4.74 Å². The van der Waals surface area contributed by atoms with Crippen molar-refractivity contribution in [1.82, 2.24) is 4.31 Å². The highest BCUT2D eigenvalue weighted by Crippen LogP contribution is 2.64. The van der Waals surface area contributed by atoms with E-state index in [1.165, 1.54) is 0 Å². The van der Waals surface area contributed by atoms with Crippen molar-refractivity contribution < 1.29 is 88.4 Å². The number of carbonyl (C=O) groups excluding carboxylic acids is 1. The number of rotatable bonds is 12. The molecule has 0 saturated carbocycles. The van der Waals surface area contributed by atoms with Gasteiger partial charge in [-0.3, -0.25) is 0 Å². The highest BCUT2D eigenvalue weighted by Gasteiger charge is 2.95. The summed E-state index contributed by atoms with van der Waals surface area (Å²) in [5.74, 6) is -52.3. The molecule has 0 N–H and O–H groups in total. The number of alkyl halides is 17. The Hall–Kier alpha value is -1.87. The van der Waals surface area contributed by atoms with Crippen LogP contribution >= 0.6 is 0 Å². The topological polar surface area (TPSA) is 46.6 Å². The summed E-state index contributed by atoms with van der Waals surface area (Å²) in [6.45, 7) is 0.353. The fourth-order valence-corrected chi connectivity index (χ4v) is 2.85. The van der Waals surface area contributed by atoms with E-state index in [0.29, 0.717) is 6.08 Å². The highest BCUT2D eigenvalue weighted by atomic mass is 32.2. The average Bonchev–Trinajstić information content (AvgIpc) is 2.70. The zero-order chi connectivity index (χ0) is 29.6. The third-order valence-electron chi connectivity index (χ3n) is 4.01. The minimum Gasteiger partial charge on any atom is -0.461 e. The van der Waals surface area contributed by atoms with E-state index in [1.807, 2.05) is 0 Å². The maximum absolute atomic E-state index is 13.8. The minimum absolute atomic E-state index is 0.102. The third kappa shape index (κ3) is 4.97. The van der Waals surface area contributed by atoms with Crippen LogP contribution in [0, 0.1) is 0 Å². The third-order valence-corrected chi connectivity index (χ3v) is 5.46. The summed E-state index contributed by atoms with van der Waals surface area (Å²) in [6.07, 6.45) is -7.41. The first kappa shape index (κ1) is 34.1. The first-order valence-electron chi connectivity index (χ1n) is 8.17. The summed E-state index contributed by atoms with van der Waals surface area (Å²) in [6, 6.07) is 0. The van der Waals surface area contributed by atoms with Crippen molar-refractivity contribution >= 4 is 17.0 Å². The van der Waals surface area contributed by atoms with Gasteiger partial charge >= 0.3 is 52.9 Å². The summed E-state index contributed by atoms with van der Waals surface area (Å²) in [7, 11) is -4.86. The molecule has 0 heterocycles. The van der Waals surface area contributed by atoms with E-state index in [1.54, 1.807) is 0 Å². The Labute approximate surface area is 190 Å². The van der Waals surface area contributed by atoms with Crippen LogP contribution in [-0.2, 0) is 20.5 Å². The zero-order valence-corrected chi connectivity index (χ0v) is 17.5. The second-order valence-corrected chi connectivity index (χ2v) is 8.07. The van der Waals surface area contributed by atoms with Crippen molar-refractivity contribution in [3.8, 4) is 0 Å². The number of nitrogens with zero attached hydrogens (tertiary/aromatic N) is 1. The lowest BCUT2D eigenvalue weighted by molar-refractivity contribution is -0.458. The Morgan fingerprint density at radius 2 is 1.06 bits per heavy atom. The Bertz CT molecular complexity index is 854. The van der Waals surface area contributed by atoms with E-state index in [4.69, 9.17) is 0 Å². The lowest BCUT2D eigenvalue weighted by Gasteiger charge is -2.42. The van der Waals surface area contributed by atoms with Crippen LogP contribution in [0.15, 0.2) is 12.7 Å². The Morgan fingerprint density at radius 1 is 0.722 bits per heavy atom. The van der Waals surface area contributed by atoms with Gasteiger partial charge in [-0.05, 0) is 0 Å². The number of esters is 1. The number of carbonyl (C=O) groups is 1. The largest absolute Gasteiger partial charge is 0.461 e. The molecule has 4 nitrogen and oxygen atoms in total. The van der Waals surface area contributed by atoms with E-state index in [9.17, 15) is 83.6 Å². The van der Waals surface area contributed by atoms with Crippen LogP contribution in [0.5, 0.6) is 0 Å². The van der Waals surface area contributed by atoms with Crippen LogP contribution in [0.25, 0.3) is 0 Å². The van der Waals surface area contributed by atoms with Crippen LogP contribution in [0.2, 0.25) is 0 Å². The van der Waals surface area contributed by atoms with Gasteiger partial charge in [0, 0.05) is 19.7 Å². The number of halogens is 17. The molecule has 22 heteroatoms. The molecule has 0 fully saturated rings. The van der Waals surface area contributed by atoms with E-state index in [0.717, 1.165) is 0 Å². The summed E-state index contributed by atoms with van der Waals surface area (Å²) in [5, 5.41) is -7.10. The maximum Gasteiger partial charge on any atom is 0.460 e. The molecule has 0 aromatic heterocycles. The van der Waals surface area contributed by atoms with Crippen LogP contribution in [0.4, 0.5) is 74.6 Å². The quantitative estimate of drug-likeness (QED) is 0.176. The Kier molecular flexibility index (Phi) is 9.27. The van der Waals surface area contributed by atoms with Gasteiger partial charge in [-0.15, -0.1) is 0 Å². The molecule has 0 aliphatic heterocycles. The molecule has 1 unspecified atom stereocenters. The summed E-state index contributed by atoms with van der Waals surface area (Å²) < 4.78 is 239. The van der Waals surface area contributed by atoms with Gasteiger partial charge in [0.2, 0.25) is 0 Å². The van der Waals surface area contributed by atoms with Crippen LogP contribution in [-0.4, -0.2) is 81.6 Å². The monoisotopic (exact) mass is 595 g/mol. The first-order valence-corrected chi connectivity index (χ1v) is 9.28. The SMILES string of the molecule is C=CC(=O)OCCN(C)S(=O)C(F)(F)C(F)(F)C(F)(F)C(F)(F)C(F)(F)C(F)(F)C(F)(F)C(F)(F)F. The summed E-state index contributed by atoms with van der Waals surface area (Å²) in [5.41, 5.74) is 0. The van der Waals surface area contributed by atoms with Crippen molar-refractivity contribution in [1.29, 1.82) is 0 Å². The molecule has 0 aliphatic rings. The predicted octanol–water partition coefficient (Wildman–Crippen LogP) is 5.28. The highest BCUT2D eigenvalue weighted by molar-refractivity contribution is 7.83. The second kappa shape index (κ2) is 9.78. The fraction of sp³-hybridized carbons (Fsp3) is 0.786. The number of hydrogen-bond acceptors (Lipinski definition) is 3. The second-order valence-electron chi connectivity index (χ2n) is 6.43. The lowest BCUT2D eigenvalue weighted by Crippen LogP contribution is -2.75. The Morgan fingerprint density at radius 3 is 1.39 bits per heavy atom. The fourth-order valence-electron chi connectivity index (χ4n) is 1.87. The van der Waals surface area contributed by atoms with E-state index >= 15 is 0 Å². The predicted molar refractivity (Wildman–Crippen MR) is 82.6 cm³/mol. The summed E-state index contributed by atoms with van der Waals surface area (Å²) in [4.78, 5) is 10.7. The Balaban J connectivity index is 6.47. The zero-order valence-electron chi connectivity index (χ0n) is 16.7. The smallest absolute Gasteiger partial charge is 0.460 e. The van der Waals surface area contributed by atoms with Crippen LogP contribution in [0.3, 0.4) is 0 Å². The summed E-state index contributed by atoms with van der Waals surface area (Å²) >= 11 is 0. The van der Waals surface area contributed by atoms with Gasteiger partial charge in [0.25, 0.3) is 0 Å². The molecule has 0 amide bonds. The molecular weight excluding hydrogens is 585 g/mol. The lowest BCUT2D eigenvalue weighted by atomic mass is 9.91. The average molecular weight is 595 g/mol. The molecular formula is C14H10F17NO3S. The molecule has 0 spiro atoms. The van der Waals surface area contributed by atoms with Crippen molar-refractivity contribution in [3.05, 3.63) is 12.7 Å². The molecule has 0 rings (SSSR count). The van der Waals surface area contributed by atoms with E-state index < -0.39 is 81.4 Å². The number of hydrogen-bond donors (Lipinski definition) is 0. The normalized spacial score (nSPS) is 16.2. The van der Waals surface area contributed by atoms with Crippen molar-refractivity contribution in [2.45, 2.75) is 47.0 Å². The molecule has 0 aromatic carbocycles. The van der Waals surface area contributed by atoms with Gasteiger partial charge in [0.15, 0.2) is 11.0 Å². The number of ether oxygens (including phenoxy) is 1. The molecule has 0 aromatic rings. The van der Waals surface area contributed by atoms with Gasteiger partial charge in [-0.1, -0.05) is 6.58 Å². The van der Waals surface area contributed by atoms with E-state index in [2.05, 4.69) is 11.3 Å². The molecule has 0 aliphatic carbocycles. The molecule has 0 radical (unpaired) electrons. The van der Waals surface area contributed by atoms with E-state index in [-0.39, 0.29) is 7.05 Å². The molecule has 1 atom stereocenters. The van der Waals surface area contributed by atoms with Crippen LogP contribution < -0.4 is 0 Å². The van der Waals surface area contributed by atoms with Crippen molar-refractivity contribution in [2.75, 3.05) is 20.2 Å². The molecule has 0 saturated heterocycles. The van der Waals surface area contributed by atoms with Gasteiger partial charge in [0.05, 0.1) is 0 Å². The first-order chi connectivity index (χ1) is 15.5. The van der Waals surface area contributed by atoms with Gasteiger partial charge in [-0.2, -0.15) is 74.6 Å². The molecule has 36 heavy (non-hydrogen) atoms. The minimum atomic E-state index is -8.77. The van der Waals surface area contributed by atoms with Gasteiger partial charge in [-0.25, -0.2) is 13.3 Å². The van der Waals surface area contributed by atoms with Crippen molar-refractivity contribution in [2.24, 2.45) is 0 Å².